The van der Waals surface area contributed by atoms with Crippen molar-refractivity contribution in [3.05, 3.63) is 52.0 Å². The second-order valence-corrected chi connectivity index (χ2v) is 7.52. The minimum Gasteiger partial charge on any atom is -0.224 e. The minimum atomic E-state index is -3.17. The Hall–Kier alpha value is -1.13. The summed E-state index contributed by atoms with van der Waals surface area (Å²) in [4.78, 5) is 0.352. The summed E-state index contributed by atoms with van der Waals surface area (Å²) in [6, 6.07) is 11.1. The molecule has 100 valence electrons. The molecule has 0 fully saturated rings. The van der Waals surface area contributed by atoms with Gasteiger partial charge in [-0.25, -0.2) is 8.42 Å². The van der Waals surface area contributed by atoms with Gasteiger partial charge in [-0.05, 0) is 54.3 Å². The van der Waals surface area contributed by atoms with Gasteiger partial charge in [-0.3, -0.25) is 0 Å². The normalized spacial score (nSPS) is 11.6. The highest BCUT2D eigenvalue weighted by Crippen LogP contribution is 2.30. The van der Waals surface area contributed by atoms with Crippen LogP contribution in [0.2, 0.25) is 0 Å². The van der Waals surface area contributed by atoms with E-state index in [1.165, 1.54) is 11.8 Å². The first-order chi connectivity index (χ1) is 8.80. The smallest absolute Gasteiger partial charge is 0.175 e. The van der Waals surface area contributed by atoms with Crippen LogP contribution in [0.5, 0.6) is 0 Å². The van der Waals surface area contributed by atoms with Gasteiger partial charge in [-0.15, -0.1) is 0 Å². The summed E-state index contributed by atoms with van der Waals surface area (Å²) in [6.45, 7) is 4.09. The van der Waals surface area contributed by atoms with Crippen LogP contribution in [-0.4, -0.2) is 14.7 Å². The van der Waals surface area contributed by atoms with E-state index in [2.05, 4.69) is 15.9 Å². The van der Waals surface area contributed by atoms with E-state index in [1.807, 2.05) is 32.0 Å². The quantitative estimate of drug-likeness (QED) is 0.824. The van der Waals surface area contributed by atoms with Crippen LogP contribution in [0.1, 0.15) is 11.1 Å². The molecular formula is C15H15BrO2S. The molecule has 0 aliphatic carbocycles. The molecule has 0 amide bonds. The molecule has 0 atom stereocenters. The molecule has 2 aromatic carbocycles. The third kappa shape index (κ3) is 2.90. The van der Waals surface area contributed by atoms with E-state index in [9.17, 15) is 8.42 Å². The maximum Gasteiger partial charge on any atom is 0.175 e. The molecule has 2 rings (SSSR count). The molecule has 0 saturated heterocycles. The van der Waals surface area contributed by atoms with Crippen LogP contribution in [-0.2, 0) is 9.84 Å². The Morgan fingerprint density at radius 3 is 2.32 bits per heavy atom. The van der Waals surface area contributed by atoms with Crippen molar-refractivity contribution in [2.75, 3.05) is 6.26 Å². The Bertz CT molecular complexity index is 734. The summed E-state index contributed by atoms with van der Waals surface area (Å²) >= 11 is 3.50. The Balaban J connectivity index is 2.64. The van der Waals surface area contributed by atoms with E-state index in [0.29, 0.717) is 4.90 Å². The molecule has 0 saturated carbocycles. The lowest BCUT2D eigenvalue weighted by Gasteiger charge is -2.11. The SMILES string of the molecule is Cc1c(Br)ccc(-c2cccc(S(C)(=O)=O)c2)c1C. The van der Waals surface area contributed by atoms with Gasteiger partial charge < -0.3 is 0 Å². The molecule has 4 heteroatoms. The molecule has 2 aromatic rings. The zero-order chi connectivity index (χ0) is 14.2. The van der Waals surface area contributed by atoms with E-state index in [1.54, 1.807) is 18.2 Å². The van der Waals surface area contributed by atoms with E-state index >= 15 is 0 Å². The molecule has 0 aliphatic heterocycles. The highest BCUT2D eigenvalue weighted by Gasteiger charge is 2.11. The number of hydrogen-bond donors (Lipinski definition) is 0. The monoisotopic (exact) mass is 338 g/mol. The fourth-order valence-corrected chi connectivity index (χ4v) is 3.09. The Morgan fingerprint density at radius 2 is 1.68 bits per heavy atom. The summed E-state index contributed by atoms with van der Waals surface area (Å²) in [5, 5.41) is 0. The third-order valence-corrected chi connectivity index (χ3v) is 5.26. The molecule has 19 heavy (non-hydrogen) atoms. The standard InChI is InChI=1S/C15H15BrO2S/c1-10-11(2)15(16)8-7-14(10)12-5-4-6-13(9-12)19(3,17)18/h4-9H,1-3H3. The van der Waals surface area contributed by atoms with Gasteiger partial charge in [-0.1, -0.05) is 34.1 Å². The van der Waals surface area contributed by atoms with Gasteiger partial charge in [0.2, 0.25) is 0 Å². The molecule has 0 radical (unpaired) electrons. The maximum atomic E-state index is 11.6. The lowest BCUT2D eigenvalue weighted by molar-refractivity contribution is 0.602. The minimum absolute atomic E-state index is 0.352. The molecule has 0 bridgehead atoms. The second kappa shape index (κ2) is 5.10. The Kier molecular flexibility index (Phi) is 3.83. The van der Waals surface area contributed by atoms with E-state index in [-0.39, 0.29) is 0 Å². The molecule has 0 aromatic heterocycles. The first kappa shape index (κ1) is 14.3. The van der Waals surface area contributed by atoms with Crippen molar-refractivity contribution in [2.24, 2.45) is 0 Å². The van der Waals surface area contributed by atoms with Crippen molar-refractivity contribution in [1.29, 1.82) is 0 Å². The summed E-state index contributed by atoms with van der Waals surface area (Å²) in [5.74, 6) is 0. The topological polar surface area (TPSA) is 34.1 Å². The van der Waals surface area contributed by atoms with Crippen molar-refractivity contribution in [3.63, 3.8) is 0 Å². The molecule has 2 nitrogen and oxygen atoms in total. The van der Waals surface area contributed by atoms with Crippen LogP contribution in [0, 0.1) is 13.8 Å². The van der Waals surface area contributed by atoms with Gasteiger partial charge in [0.05, 0.1) is 4.90 Å². The van der Waals surface area contributed by atoms with Crippen LogP contribution in [0.25, 0.3) is 11.1 Å². The van der Waals surface area contributed by atoms with Crippen LogP contribution in [0.3, 0.4) is 0 Å². The van der Waals surface area contributed by atoms with Gasteiger partial charge in [-0.2, -0.15) is 0 Å². The molecule has 0 spiro atoms. The van der Waals surface area contributed by atoms with Crippen molar-refractivity contribution in [3.8, 4) is 11.1 Å². The highest BCUT2D eigenvalue weighted by atomic mass is 79.9. The maximum absolute atomic E-state index is 11.6. The van der Waals surface area contributed by atoms with E-state index in [0.717, 1.165) is 21.2 Å². The van der Waals surface area contributed by atoms with Crippen molar-refractivity contribution < 1.29 is 8.42 Å². The average Bonchev–Trinajstić information content (AvgIpc) is 2.35. The highest BCUT2D eigenvalue weighted by molar-refractivity contribution is 9.10. The zero-order valence-electron chi connectivity index (χ0n) is 11.1. The van der Waals surface area contributed by atoms with Gasteiger partial charge in [0.15, 0.2) is 9.84 Å². The molecule has 0 aliphatic rings. The Morgan fingerprint density at radius 1 is 1.00 bits per heavy atom. The van der Waals surface area contributed by atoms with Crippen LogP contribution >= 0.6 is 15.9 Å². The van der Waals surface area contributed by atoms with Gasteiger partial charge >= 0.3 is 0 Å². The zero-order valence-corrected chi connectivity index (χ0v) is 13.5. The van der Waals surface area contributed by atoms with Crippen LogP contribution < -0.4 is 0 Å². The summed E-state index contributed by atoms with van der Waals surface area (Å²) in [6.07, 6.45) is 1.23. The number of hydrogen-bond acceptors (Lipinski definition) is 2. The van der Waals surface area contributed by atoms with Crippen molar-refractivity contribution >= 4 is 25.8 Å². The molecule has 0 N–H and O–H groups in total. The van der Waals surface area contributed by atoms with Crippen LogP contribution in [0.15, 0.2) is 45.8 Å². The van der Waals surface area contributed by atoms with Crippen molar-refractivity contribution in [1.82, 2.24) is 0 Å². The number of sulfone groups is 1. The molecular weight excluding hydrogens is 324 g/mol. The predicted octanol–water partition coefficient (Wildman–Crippen LogP) is 4.14. The first-order valence-electron chi connectivity index (χ1n) is 5.87. The number of rotatable bonds is 2. The lowest BCUT2D eigenvalue weighted by atomic mass is 9.97. The van der Waals surface area contributed by atoms with Gasteiger partial charge in [0.1, 0.15) is 0 Å². The second-order valence-electron chi connectivity index (χ2n) is 4.64. The average molecular weight is 339 g/mol. The summed E-state index contributed by atoms with van der Waals surface area (Å²) in [7, 11) is -3.17. The largest absolute Gasteiger partial charge is 0.224 e. The van der Waals surface area contributed by atoms with Crippen molar-refractivity contribution in [2.45, 2.75) is 18.7 Å². The third-order valence-electron chi connectivity index (χ3n) is 3.29. The first-order valence-corrected chi connectivity index (χ1v) is 8.55. The van der Waals surface area contributed by atoms with Gasteiger partial charge in [0, 0.05) is 10.7 Å². The van der Waals surface area contributed by atoms with Gasteiger partial charge in [0.25, 0.3) is 0 Å². The fourth-order valence-electron chi connectivity index (χ4n) is 1.99. The number of benzene rings is 2. The molecule has 0 unspecified atom stereocenters. The van der Waals surface area contributed by atoms with E-state index < -0.39 is 9.84 Å². The lowest BCUT2D eigenvalue weighted by Crippen LogP contribution is -1.97. The number of halogens is 1. The fraction of sp³-hybridized carbons (Fsp3) is 0.200. The van der Waals surface area contributed by atoms with E-state index in [4.69, 9.17) is 0 Å². The Labute approximate surface area is 122 Å². The predicted molar refractivity (Wildman–Crippen MR) is 82.2 cm³/mol. The summed E-state index contributed by atoms with van der Waals surface area (Å²) < 4.78 is 24.3. The summed E-state index contributed by atoms with van der Waals surface area (Å²) in [5.41, 5.74) is 4.31. The van der Waals surface area contributed by atoms with Crippen LogP contribution in [0.4, 0.5) is 0 Å². The molecule has 0 heterocycles.